The topological polar surface area (TPSA) is 53.0 Å². The van der Waals surface area contributed by atoms with Crippen LogP contribution in [-0.2, 0) is 0 Å². The maximum Gasteiger partial charge on any atom is 0.101 e. The summed E-state index contributed by atoms with van der Waals surface area (Å²) in [5, 5.41) is 9.78. The molecule has 3 nitrogen and oxygen atoms in total. The maximum atomic E-state index is 9.16. The smallest absolute Gasteiger partial charge is 0.101 e. The van der Waals surface area contributed by atoms with Crippen molar-refractivity contribution < 1.29 is 0 Å². The van der Waals surface area contributed by atoms with Gasteiger partial charge in [0.1, 0.15) is 6.07 Å². The van der Waals surface area contributed by atoms with Gasteiger partial charge in [-0.3, -0.25) is 0 Å². The number of nitriles is 1. The molecular weight excluding hydrogens is 246 g/mol. The minimum Gasteiger partial charge on any atom is -0.370 e. The Hall–Kier alpha value is -1.24. The lowest BCUT2D eigenvalue weighted by atomic mass is 9.93. The van der Waals surface area contributed by atoms with Crippen LogP contribution in [0.1, 0.15) is 24.8 Å². The van der Waals surface area contributed by atoms with Crippen LogP contribution >= 0.6 is 11.6 Å². The maximum absolute atomic E-state index is 9.16. The first kappa shape index (κ1) is 13.2. The number of nitrogens with zero attached hydrogens (tertiary/aromatic N) is 2. The first-order valence-electron chi connectivity index (χ1n) is 6.39. The van der Waals surface area contributed by atoms with Crippen LogP contribution in [0.25, 0.3) is 0 Å². The van der Waals surface area contributed by atoms with E-state index < -0.39 is 0 Å². The lowest BCUT2D eigenvalue weighted by Gasteiger charge is -2.34. The molecule has 0 saturated carbocycles. The van der Waals surface area contributed by atoms with Crippen molar-refractivity contribution >= 4 is 17.3 Å². The minimum atomic E-state index is 0.619. The summed E-state index contributed by atoms with van der Waals surface area (Å²) >= 11 is 5.92. The van der Waals surface area contributed by atoms with Gasteiger partial charge in [0.05, 0.1) is 11.3 Å². The molecule has 2 rings (SSSR count). The molecule has 1 heterocycles. The largest absolute Gasteiger partial charge is 0.370 e. The van der Waals surface area contributed by atoms with E-state index in [0.29, 0.717) is 10.6 Å². The monoisotopic (exact) mass is 263 g/mol. The Morgan fingerprint density at radius 3 is 2.72 bits per heavy atom. The number of benzene rings is 1. The van der Waals surface area contributed by atoms with Gasteiger partial charge >= 0.3 is 0 Å². The Kier molecular flexibility index (Phi) is 4.46. The molecule has 0 aromatic heterocycles. The van der Waals surface area contributed by atoms with Gasteiger partial charge < -0.3 is 10.6 Å². The van der Waals surface area contributed by atoms with Crippen molar-refractivity contribution in [3.05, 3.63) is 28.8 Å². The summed E-state index contributed by atoms with van der Waals surface area (Å²) in [6.45, 7) is 2.77. The first-order chi connectivity index (χ1) is 8.74. The average molecular weight is 264 g/mol. The fraction of sp³-hybridized carbons (Fsp3) is 0.500. The number of anilines is 1. The highest BCUT2D eigenvalue weighted by atomic mass is 35.5. The van der Waals surface area contributed by atoms with Crippen LogP contribution in [-0.4, -0.2) is 19.6 Å². The highest BCUT2D eigenvalue weighted by Gasteiger charge is 2.20. The van der Waals surface area contributed by atoms with Gasteiger partial charge in [-0.05, 0) is 49.9 Å². The molecule has 18 heavy (non-hydrogen) atoms. The normalized spacial score (nSPS) is 16.6. The third kappa shape index (κ3) is 2.95. The third-order valence-electron chi connectivity index (χ3n) is 3.61. The number of hydrogen-bond acceptors (Lipinski definition) is 3. The van der Waals surface area contributed by atoms with Gasteiger partial charge in [-0.2, -0.15) is 5.26 Å². The van der Waals surface area contributed by atoms with Crippen molar-refractivity contribution in [2.45, 2.75) is 19.3 Å². The highest BCUT2D eigenvalue weighted by molar-refractivity contribution is 6.30. The van der Waals surface area contributed by atoms with E-state index in [1.807, 2.05) is 12.1 Å². The molecule has 1 aliphatic rings. The zero-order chi connectivity index (χ0) is 13.0. The van der Waals surface area contributed by atoms with Gasteiger partial charge in [0.15, 0.2) is 0 Å². The Morgan fingerprint density at radius 2 is 2.11 bits per heavy atom. The summed E-state index contributed by atoms with van der Waals surface area (Å²) in [5.41, 5.74) is 7.27. The molecule has 1 aromatic carbocycles. The predicted molar refractivity (Wildman–Crippen MR) is 74.8 cm³/mol. The molecule has 0 radical (unpaired) electrons. The second-order valence-electron chi connectivity index (χ2n) is 4.78. The van der Waals surface area contributed by atoms with E-state index in [9.17, 15) is 0 Å². The van der Waals surface area contributed by atoms with Crippen molar-refractivity contribution in [3.8, 4) is 6.07 Å². The molecular formula is C14H18ClN3. The average Bonchev–Trinajstić information content (AvgIpc) is 2.40. The molecule has 0 bridgehead atoms. The number of nitrogens with two attached hydrogens (primary N) is 1. The fourth-order valence-electron chi connectivity index (χ4n) is 2.57. The molecule has 0 spiro atoms. The number of rotatable bonds is 3. The third-order valence-corrected chi connectivity index (χ3v) is 3.84. The standard InChI is InChI=1S/C14H18ClN3/c15-13-1-2-14(12(9-13)10-17)18-7-4-11(3-6-16)5-8-18/h1-2,9,11H,3-8,16H2. The van der Waals surface area contributed by atoms with Crippen LogP contribution in [0.2, 0.25) is 5.02 Å². The Balaban J connectivity index is 2.08. The SMILES string of the molecule is N#Cc1cc(Cl)ccc1N1CCC(CCN)CC1. The van der Waals surface area contributed by atoms with Crippen LogP contribution in [0.5, 0.6) is 0 Å². The van der Waals surface area contributed by atoms with E-state index in [-0.39, 0.29) is 0 Å². The van der Waals surface area contributed by atoms with Crippen LogP contribution in [0.4, 0.5) is 5.69 Å². The summed E-state index contributed by atoms with van der Waals surface area (Å²) in [4.78, 5) is 2.28. The molecule has 0 unspecified atom stereocenters. The molecule has 96 valence electrons. The highest BCUT2D eigenvalue weighted by Crippen LogP contribution is 2.28. The van der Waals surface area contributed by atoms with Crippen LogP contribution < -0.4 is 10.6 Å². The lowest BCUT2D eigenvalue weighted by molar-refractivity contribution is 0.386. The Labute approximate surface area is 113 Å². The minimum absolute atomic E-state index is 0.619. The van der Waals surface area contributed by atoms with Gasteiger partial charge in [0, 0.05) is 18.1 Å². The van der Waals surface area contributed by atoms with Crippen molar-refractivity contribution in [1.29, 1.82) is 5.26 Å². The van der Waals surface area contributed by atoms with Crippen molar-refractivity contribution in [1.82, 2.24) is 0 Å². The Bertz CT molecular complexity index is 445. The summed E-state index contributed by atoms with van der Waals surface area (Å²) in [6.07, 6.45) is 3.43. The fourth-order valence-corrected chi connectivity index (χ4v) is 2.74. The van der Waals surface area contributed by atoms with Crippen LogP contribution in [0, 0.1) is 17.2 Å². The molecule has 1 aliphatic heterocycles. The molecule has 1 aromatic rings. The van der Waals surface area contributed by atoms with E-state index in [4.69, 9.17) is 22.6 Å². The number of halogens is 1. The second kappa shape index (κ2) is 6.08. The summed E-state index contributed by atoms with van der Waals surface area (Å²) in [6, 6.07) is 7.76. The van der Waals surface area contributed by atoms with E-state index in [0.717, 1.165) is 50.5 Å². The summed E-state index contributed by atoms with van der Waals surface area (Å²) in [7, 11) is 0. The molecule has 0 amide bonds. The molecule has 4 heteroatoms. The zero-order valence-corrected chi connectivity index (χ0v) is 11.2. The van der Waals surface area contributed by atoms with E-state index in [1.165, 1.54) is 0 Å². The second-order valence-corrected chi connectivity index (χ2v) is 5.22. The zero-order valence-electron chi connectivity index (χ0n) is 10.4. The Morgan fingerprint density at radius 1 is 1.39 bits per heavy atom. The van der Waals surface area contributed by atoms with Crippen LogP contribution in [0.15, 0.2) is 18.2 Å². The van der Waals surface area contributed by atoms with Crippen molar-refractivity contribution in [2.75, 3.05) is 24.5 Å². The van der Waals surface area contributed by atoms with Gasteiger partial charge in [0.2, 0.25) is 0 Å². The van der Waals surface area contributed by atoms with Gasteiger partial charge in [-0.25, -0.2) is 0 Å². The van der Waals surface area contributed by atoms with E-state index in [1.54, 1.807) is 6.07 Å². The predicted octanol–water partition coefficient (Wildman–Crippen LogP) is 2.78. The molecule has 1 fully saturated rings. The van der Waals surface area contributed by atoms with E-state index in [2.05, 4.69) is 11.0 Å². The van der Waals surface area contributed by atoms with Gasteiger partial charge in [-0.15, -0.1) is 0 Å². The first-order valence-corrected chi connectivity index (χ1v) is 6.77. The number of hydrogen-bond donors (Lipinski definition) is 1. The lowest BCUT2D eigenvalue weighted by Crippen LogP contribution is -2.34. The molecule has 0 aliphatic carbocycles. The summed E-state index contributed by atoms with van der Waals surface area (Å²) < 4.78 is 0. The number of piperidine rings is 1. The van der Waals surface area contributed by atoms with Crippen molar-refractivity contribution in [2.24, 2.45) is 11.7 Å². The molecule has 2 N–H and O–H groups in total. The molecule has 0 atom stereocenters. The van der Waals surface area contributed by atoms with Gasteiger partial charge in [-0.1, -0.05) is 11.6 Å². The van der Waals surface area contributed by atoms with Crippen LogP contribution in [0.3, 0.4) is 0 Å². The quantitative estimate of drug-likeness (QED) is 0.912. The van der Waals surface area contributed by atoms with Gasteiger partial charge in [0.25, 0.3) is 0 Å². The summed E-state index contributed by atoms with van der Waals surface area (Å²) in [5.74, 6) is 0.740. The van der Waals surface area contributed by atoms with Crippen molar-refractivity contribution in [3.63, 3.8) is 0 Å². The molecule has 1 saturated heterocycles. The van der Waals surface area contributed by atoms with E-state index >= 15 is 0 Å².